The third-order valence-corrected chi connectivity index (χ3v) is 4.02. The number of hydrogen-bond donors (Lipinski definition) is 1. The van der Waals surface area contributed by atoms with Crippen LogP contribution >= 0.6 is 0 Å². The van der Waals surface area contributed by atoms with E-state index in [-0.39, 0.29) is 0 Å². The Balaban J connectivity index is 1.69. The Hall–Kier alpha value is -0.0800. The Kier molecular flexibility index (Phi) is 3.45. The predicted octanol–water partition coefficient (Wildman–Crippen LogP) is 1.99. The second-order valence-corrected chi connectivity index (χ2v) is 5.33. The highest BCUT2D eigenvalue weighted by molar-refractivity contribution is 4.85. The standard InChI is InChI=1S/C12H24N2/c1-14(9-10-7-11(13)8-10)12-5-3-2-4-6-12/h10-12H,2-9,13H2,1H3. The molecule has 0 saturated heterocycles. The summed E-state index contributed by atoms with van der Waals surface area (Å²) < 4.78 is 0. The number of nitrogens with two attached hydrogens (primary N) is 1. The van der Waals surface area contributed by atoms with Crippen LogP contribution in [0, 0.1) is 5.92 Å². The molecule has 0 bridgehead atoms. The largest absolute Gasteiger partial charge is 0.328 e. The molecule has 0 radical (unpaired) electrons. The van der Waals surface area contributed by atoms with Crippen LogP contribution in [0.3, 0.4) is 0 Å². The van der Waals surface area contributed by atoms with Crippen LogP contribution in [0.2, 0.25) is 0 Å². The summed E-state index contributed by atoms with van der Waals surface area (Å²) in [7, 11) is 2.31. The quantitative estimate of drug-likeness (QED) is 0.748. The van der Waals surface area contributed by atoms with Gasteiger partial charge >= 0.3 is 0 Å². The van der Waals surface area contributed by atoms with Gasteiger partial charge in [0.25, 0.3) is 0 Å². The minimum atomic E-state index is 0.514. The monoisotopic (exact) mass is 196 g/mol. The second kappa shape index (κ2) is 4.63. The molecular weight excluding hydrogens is 172 g/mol. The molecule has 2 aliphatic carbocycles. The van der Waals surface area contributed by atoms with Gasteiger partial charge in [-0.25, -0.2) is 0 Å². The zero-order valence-electron chi connectivity index (χ0n) is 9.41. The van der Waals surface area contributed by atoms with E-state index in [0.717, 1.165) is 12.0 Å². The van der Waals surface area contributed by atoms with Crippen LogP contribution in [0.4, 0.5) is 0 Å². The van der Waals surface area contributed by atoms with Gasteiger partial charge in [-0.15, -0.1) is 0 Å². The molecule has 2 fully saturated rings. The van der Waals surface area contributed by atoms with Gasteiger partial charge in [-0.1, -0.05) is 19.3 Å². The Bertz CT molecular complexity index is 169. The number of rotatable bonds is 3. The minimum Gasteiger partial charge on any atom is -0.328 e. The smallest absolute Gasteiger partial charge is 0.00923 e. The van der Waals surface area contributed by atoms with Crippen molar-refractivity contribution in [1.29, 1.82) is 0 Å². The first-order chi connectivity index (χ1) is 6.75. The molecule has 0 spiro atoms. The molecular formula is C12H24N2. The average Bonchev–Trinajstić information content (AvgIpc) is 2.17. The molecule has 2 saturated carbocycles. The highest BCUT2D eigenvalue weighted by Crippen LogP contribution is 2.29. The topological polar surface area (TPSA) is 29.3 Å². The Morgan fingerprint density at radius 1 is 1.14 bits per heavy atom. The Labute approximate surface area is 87.8 Å². The van der Waals surface area contributed by atoms with E-state index in [1.54, 1.807) is 0 Å². The molecule has 82 valence electrons. The van der Waals surface area contributed by atoms with E-state index in [9.17, 15) is 0 Å². The van der Waals surface area contributed by atoms with E-state index < -0.39 is 0 Å². The second-order valence-electron chi connectivity index (χ2n) is 5.33. The van der Waals surface area contributed by atoms with Gasteiger partial charge in [-0.2, -0.15) is 0 Å². The maximum atomic E-state index is 5.80. The molecule has 2 rings (SSSR count). The number of nitrogens with zero attached hydrogens (tertiary/aromatic N) is 1. The molecule has 2 nitrogen and oxygen atoms in total. The maximum Gasteiger partial charge on any atom is 0.00923 e. The summed E-state index contributed by atoms with van der Waals surface area (Å²) in [4.78, 5) is 2.59. The molecule has 0 amide bonds. The molecule has 2 heteroatoms. The minimum absolute atomic E-state index is 0.514. The first kappa shape index (κ1) is 10.4. The summed E-state index contributed by atoms with van der Waals surface area (Å²) in [6.45, 7) is 1.29. The highest BCUT2D eigenvalue weighted by atomic mass is 15.1. The van der Waals surface area contributed by atoms with Gasteiger partial charge in [-0.3, -0.25) is 0 Å². The molecule has 2 N–H and O–H groups in total. The van der Waals surface area contributed by atoms with Gasteiger partial charge < -0.3 is 10.6 Å². The van der Waals surface area contributed by atoms with E-state index in [4.69, 9.17) is 5.73 Å². The van der Waals surface area contributed by atoms with Gasteiger partial charge in [0.2, 0.25) is 0 Å². The van der Waals surface area contributed by atoms with E-state index in [1.807, 2.05) is 0 Å². The molecule has 0 aliphatic heterocycles. The summed E-state index contributed by atoms with van der Waals surface area (Å²) in [5.41, 5.74) is 5.80. The lowest BCUT2D eigenvalue weighted by atomic mass is 9.80. The molecule has 2 aliphatic rings. The van der Waals surface area contributed by atoms with Crippen LogP contribution in [0.25, 0.3) is 0 Å². The van der Waals surface area contributed by atoms with Gasteiger partial charge in [0.05, 0.1) is 0 Å². The highest BCUT2D eigenvalue weighted by Gasteiger charge is 2.28. The van der Waals surface area contributed by atoms with Crippen LogP contribution in [-0.4, -0.2) is 30.6 Å². The molecule has 0 unspecified atom stereocenters. The molecule has 0 aromatic rings. The van der Waals surface area contributed by atoms with E-state index in [0.29, 0.717) is 6.04 Å². The molecule has 0 heterocycles. The van der Waals surface area contributed by atoms with Crippen LogP contribution in [0.1, 0.15) is 44.9 Å². The van der Waals surface area contributed by atoms with Crippen molar-refractivity contribution in [2.75, 3.05) is 13.6 Å². The van der Waals surface area contributed by atoms with Crippen molar-refractivity contribution >= 4 is 0 Å². The summed E-state index contributed by atoms with van der Waals surface area (Å²) in [5, 5.41) is 0. The van der Waals surface area contributed by atoms with Crippen LogP contribution in [-0.2, 0) is 0 Å². The van der Waals surface area contributed by atoms with E-state index in [1.165, 1.54) is 51.5 Å². The SMILES string of the molecule is CN(CC1CC(N)C1)C1CCCCC1. The molecule has 0 aromatic heterocycles. The van der Waals surface area contributed by atoms with Gasteiger partial charge in [0.1, 0.15) is 0 Å². The van der Waals surface area contributed by atoms with Gasteiger partial charge in [0.15, 0.2) is 0 Å². The van der Waals surface area contributed by atoms with Crippen molar-refractivity contribution in [1.82, 2.24) is 4.90 Å². The fourth-order valence-corrected chi connectivity index (χ4v) is 3.01. The molecule has 0 atom stereocenters. The van der Waals surface area contributed by atoms with Crippen molar-refractivity contribution in [3.05, 3.63) is 0 Å². The first-order valence-electron chi connectivity index (χ1n) is 6.21. The summed E-state index contributed by atoms with van der Waals surface area (Å²) in [5.74, 6) is 0.900. The average molecular weight is 196 g/mol. The maximum absolute atomic E-state index is 5.80. The van der Waals surface area contributed by atoms with Crippen molar-refractivity contribution in [3.63, 3.8) is 0 Å². The number of hydrogen-bond acceptors (Lipinski definition) is 2. The molecule has 0 aromatic carbocycles. The van der Waals surface area contributed by atoms with E-state index >= 15 is 0 Å². The fraction of sp³-hybridized carbons (Fsp3) is 1.00. The van der Waals surface area contributed by atoms with Crippen LogP contribution < -0.4 is 5.73 Å². The fourth-order valence-electron chi connectivity index (χ4n) is 3.01. The zero-order valence-corrected chi connectivity index (χ0v) is 9.41. The zero-order chi connectivity index (χ0) is 9.97. The van der Waals surface area contributed by atoms with Crippen LogP contribution in [0.15, 0.2) is 0 Å². The normalized spacial score (nSPS) is 34.5. The first-order valence-corrected chi connectivity index (χ1v) is 6.21. The Morgan fingerprint density at radius 3 is 2.36 bits per heavy atom. The predicted molar refractivity (Wildman–Crippen MR) is 60.2 cm³/mol. The van der Waals surface area contributed by atoms with Crippen molar-refractivity contribution in [3.8, 4) is 0 Å². The van der Waals surface area contributed by atoms with Crippen molar-refractivity contribution < 1.29 is 0 Å². The van der Waals surface area contributed by atoms with Crippen molar-refractivity contribution in [2.45, 2.75) is 57.0 Å². The van der Waals surface area contributed by atoms with Crippen molar-refractivity contribution in [2.24, 2.45) is 11.7 Å². The summed E-state index contributed by atoms with van der Waals surface area (Å²) in [6.07, 6.45) is 9.72. The third kappa shape index (κ3) is 2.48. The summed E-state index contributed by atoms with van der Waals surface area (Å²) in [6, 6.07) is 1.39. The Morgan fingerprint density at radius 2 is 1.79 bits per heavy atom. The lowest BCUT2D eigenvalue weighted by Gasteiger charge is -2.39. The lowest BCUT2D eigenvalue weighted by molar-refractivity contribution is 0.125. The molecule has 14 heavy (non-hydrogen) atoms. The van der Waals surface area contributed by atoms with Gasteiger partial charge in [0, 0.05) is 18.6 Å². The van der Waals surface area contributed by atoms with Gasteiger partial charge in [-0.05, 0) is 38.6 Å². The van der Waals surface area contributed by atoms with Crippen LogP contribution in [0.5, 0.6) is 0 Å². The third-order valence-electron chi connectivity index (χ3n) is 4.02. The lowest BCUT2D eigenvalue weighted by Crippen LogP contribution is -2.44. The van der Waals surface area contributed by atoms with E-state index in [2.05, 4.69) is 11.9 Å². The summed E-state index contributed by atoms with van der Waals surface area (Å²) >= 11 is 0.